The van der Waals surface area contributed by atoms with Gasteiger partial charge in [-0.1, -0.05) is 15.9 Å². The molecule has 0 spiro atoms. The van der Waals surface area contributed by atoms with Gasteiger partial charge < -0.3 is 5.11 Å². The summed E-state index contributed by atoms with van der Waals surface area (Å²) < 4.78 is 24.3. The minimum atomic E-state index is -2.31. The Bertz CT molecular complexity index is 176. The van der Waals surface area contributed by atoms with Crippen LogP contribution in [-0.2, 0) is 0 Å². The summed E-state index contributed by atoms with van der Waals surface area (Å²) in [6.07, 6.45) is -0.111. The molecule has 0 heterocycles. The second kappa shape index (κ2) is 5.37. The van der Waals surface area contributed by atoms with Gasteiger partial charge in [0, 0.05) is 18.4 Å². The van der Waals surface area contributed by atoms with Crippen LogP contribution in [0.4, 0.5) is 8.78 Å². The van der Waals surface area contributed by atoms with Crippen molar-refractivity contribution in [2.75, 3.05) is 31.6 Å². The van der Waals surface area contributed by atoms with Gasteiger partial charge in [0.25, 0.3) is 6.43 Å². The fourth-order valence-corrected chi connectivity index (χ4v) is 2.29. The lowest BCUT2D eigenvalue weighted by Gasteiger charge is -2.25. The van der Waals surface area contributed by atoms with Crippen LogP contribution in [0.2, 0.25) is 0 Å². The smallest absolute Gasteiger partial charge is 0.251 e. The number of aliphatic hydroxyl groups excluding tert-OH is 1. The van der Waals surface area contributed by atoms with Crippen LogP contribution in [0.1, 0.15) is 12.8 Å². The highest BCUT2D eigenvalue weighted by Gasteiger charge is 2.42. The first kappa shape index (κ1) is 12.3. The summed E-state index contributed by atoms with van der Waals surface area (Å²) in [7, 11) is 0. The largest absolute Gasteiger partial charge is 0.395 e. The maximum Gasteiger partial charge on any atom is 0.251 e. The lowest BCUT2D eigenvalue weighted by molar-refractivity contribution is 0.0695. The first-order chi connectivity index (χ1) is 6.62. The van der Waals surface area contributed by atoms with Gasteiger partial charge in [-0.25, -0.2) is 8.78 Å². The van der Waals surface area contributed by atoms with E-state index in [-0.39, 0.29) is 18.6 Å². The van der Waals surface area contributed by atoms with Crippen molar-refractivity contribution in [3.63, 3.8) is 0 Å². The molecule has 2 nitrogen and oxygen atoms in total. The predicted octanol–water partition coefficient (Wildman–Crippen LogP) is 1.72. The summed E-state index contributed by atoms with van der Waals surface area (Å²) in [5.74, 6) is 0. The van der Waals surface area contributed by atoms with E-state index in [9.17, 15) is 8.78 Å². The average molecular weight is 272 g/mol. The molecule has 0 unspecified atom stereocenters. The number of nitrogens with zero attached hydrogens (tertiary/aromatic N) is 1. The van der Waals surface area contributed by atoms with Crippen LogP contribution in [-0.4, -0.2) is 48.0 Å². The maximum atomic E-state index is 12.2. The lowest BCUT2D eigenvalue weighted by Crippen LogP contribution is -2.37. The Labute approximate surface area is 91.4 Å². The summed E-state index contributed by atoms with van der Waals surface area (Å²) in [5, 5.41) is 9.61. The third-order valence-corrected chi connectivity index (χ3v) is 3.80. The van der Waals surface area contributed by atoms with Gasteiger partial charge in [0.15, 0.2) is 0 Å². The van der Waals surface area contributed by atoms with Crippen LogP contribution in [0, 0.1) is 5.41 Å². The molecule has 84 valence electrons. The molecule has 14 heavy (non-hydrogen) atoms. The van der Waals surface area contributed by atoms with Gasteiger partial charge in [-0.15, -0.1) is 0 Å². The Kier molecular flexibility index (Phi) is 4.73. The van der Waals surface area contributed by atoms with Crippen LogP contribution < -0.4 is 0 Å². The quantitative estimate of drug-likeness (QED) is 0.713. The van der Waals surface area contributed by atoms with Crippen molar-refractivity contribution in [3.05, 3.63) is 0 Å². The fraction of sp³-hybridized carbons (Fsp3) is 1.00. The molecule has 0 saturated heterocycles. The van der Waals surface area contributed by atoms with Crippen molar-refractivity contribution in [1.29, 1.82) is 0 Å². The van der Waals surface area contributed by atoms with E-state index in [1.807, 2.05) is 0 Å². The Morgan fingerprint density at radius 2 is 2.07 bits per heavy atom. The van der Waals surface area contributed by atoms with Crippen LogP contribution in [0.25, 0.3) is 0 Å². The summed E-state index contributed by atoms with van der Waals surface area (Å²) in [6.45, 7) is 0.739. The van der Waals surface area contributed by atoms with Crippen LogP contribution in [0.5, 0.6) is 0 Å². The van der Waals surface area contributed by atoms with E-state index in [1.54, 1.807) is 4.90 Å². The molecule has 0 atom stereocenters. The normalized spacial score (nSPS) is 19.3. The molecule has 0 aromatic carbocycles. The molecule has 0 amide bonds. The number of hydrogen-bond donors (Lipinski definition) is 1. The summed E-state index contributed by atoms with van der Waals surface area (Å²) in [6, 6.07) is 0. The standard InChI is InChI=1S/C9H16BrF2NO/c10-6-9(1-2-9)7-13(3-4-14)5-8(11)12/h8,14H,1-7H2. The highest BCUT2D eigenvalue weighted by Crippen LogP contribution is 2.47. The summed E-state index contributed by atoms with van der Waals surface area (Å²) >= 11 is 3.40. The van der Waals surface area contributed by atoms with Crippen molar-refractivity contribution >= 4 is 15.9 Å². The van der Waals surface area contributed by atoms with E-state index in [2.05, 4.69) is 15.9 Å². The van der Waals surface area contributed by atoms with Crippen LogP contribution >= 0.6 is 15.9 Å². The van der Waals surface area contributed by atoms with E-state index in [4.69, 9.17) is 5.11 Å². The van der Waals surface area contributed by atoms with Gasteiger partial charge >= 0.3 is 0 Å². The molecule has 1 aliphatic carbocycles. The molecular weight excluding hydrogens is 256 g/mol. The third-order valence-electron chi connectivity index (χ3n) is 2.61. The molecule has 1 aliphatic rings. The van der Waals surface area contributed by atoms with Crippen molar-refractivity contribution in [1.82, 2.24) is 4.90 Å². The lowest BCUT2D eigenvalue weighted by atomic mass is 10.1. The van der Waals surface area contributed by atoms with E-state index >= 15 is 0 Å². The summed E-state index contributed by atoms with van der Waals surface area (Å²) in [5.41, 5.74) is 0.198. The van der Waals surface area contributed by atoms with E-state index in [0.717, 1.165) is 18.2 Å². The topological polar surface area (TPSA) is 23.5 Å². The number of hydrogen-bond acceptors (Lipinski definition) is 2. The Morgan fingerprint density at radius 1 is 1.43 bits per heavy atom. The first-order valence-electron chi connectivity index (χ1n) is 4.79. The van der Waals surface area contributed by atoms with E-state index < -0.39 is 6.43 Å². The van der Waals surface area contributed by atoms with Crippen molar-refractivity contribution in [2.45, 2.75) is 19.3 Å². The molecule has 0 aliphatic heterocycles. The number of alkyl halides is 3. The van der Waals surface area contributed by atoms with E-state index in [0.29, 0.717) is 13.1 Å². The average Bonchev–Trinajstić information content (AvgIpc) is 2.85. The molecule has 1 N–H and O–H groups in total. The highest BCUT2D eigenvalue weighted by molar-refractivity contribution is 9.09. The molecule has 0 radical (unpaired) electrons. The van der Waals surface area contributed by atoms with Crippen molar-refractivity contribution in [2.24, 2.45) is 5.41 Å². The minimum Gasteiger partial charge on any atom is -0.395 e. The van der Waals surface area contributed by atoms with Gasteiger partial charge in [0.2, 0.25) is 0 Å². The van der Waals surface area contributed by atoms with Crippen molar-refractivity contribution < 1.29 is 13.9 Å². The molecule has 1 fully saturated rings. The number of halogens is 3. The van der Waals surface area contributed by atoms with Gasteiger partial charge in [0.05, 0.1) is 13.2 Å². The molecule has 0 aromatic rings. The zero-order chi connectivity index (χ0) is 10.6. The fourth-order valence-electron chi connectivity index (χ4n) is 1.56. The maximum absolute atomic E-state index is 12.2. The van der Waals surface area contributed by atoms with Crippen LogP contribution in [0.15, 0.2) is 0 Å². The molecule has 1 saturated carbocycles. The van der Waals surface area contributed by atoms with Crippen LogP contribution in [0.3, 0.4) is 0 Å². The second-order valence-corrected chi connectivity index (χ2v) is 4.54. The van der Waals surface area contributed by atoms with Gasteiger partial charge in [-0.2, -0.15) is 0 Å². The predicted molar refractivity (Wildman–Crippen MR) is 55.0 cm³/mol. The Hall–Kier alpha value is 0.260. The van der Waals surface area contributed by atoms with Gasteiger partial charge in [-0.3, -0.25) is 4.90 Å². The monoisotopic (exact) mass is 271 g/mol. The molecule has 1 rings (SSSR count). The summed E-state index contributed by atoms with van der Waals surface area (Å²) in [4.78, 5) is 1.65. The van der Waals surface area contributed by atoms with E-state index in [1.165, 1.54) is 0 Å². The molecular formula is C9H16BrF2NO. The first-order valence-corrected chi connectivity index (χ1v) is 5.91. The zero-order valence-electron chi connectivity index (χ0n) is 8.06. The number of aliphatic hydroxyl groups is 1. The number of rotatable bonds is 7. The second-order valence-electron chi connectivity index (χ2n) is 3.98. The minimum absolute atomic E-state index is 0.0505. The molecule has 0 bridgehead atoms. The Morgan fingerprint density at radius 3 is 2.43 bits per heavy atom. The molecule has 0 aromatic heterocycles. The van der Waals surface area contributed by atoms with Gasteiger partial charge in [-0.05, 0) is 18.3 Å². The molecule has 5 heteroatoms. The van der Waals surface area contributed by atoms with Gasteiger partial charge in [0.1, 0.15) is 0 Å². The Balaban J connectivity index is 2.34. The highest BCUT2D eigenvalue weighted by atomic mass is 79.9. The van der Waals surface area contributed by atoms with Crippen molar-refractivity contribution in [3.8, 4) is 0 Å². The zero-order valence-corrected chi connectivity index (χ0v) is 9.64. The SMILES string of the molecule is OCCN(CC(F)F)CC1(CBr)CC1. The third kappa shape index (κ3) is 3.79.